The number of nitrogens with one attached hydrogen (secondary N) is 1. The summed E-state index contributed by atoms with van der Waals surface area (Å²) in [6.07, 6.45) is 4.91. The summed E-state index contributed by atoms with van der Waals surface area (Å²) in [4.78, 5) is 12.5. The number of aryl methyl sites for hydroxylation is 1. The normalized spacial score (nSPS) is 18.0. The van der Waals surface area contributed by atoms with E-state index < -0.39 is 5.82 Å². The van der Waals surface area contributed by atoms with Crippen LogP contribution >= 0.6 is 11.6 Å². The van der Waals surface area contributed by atoms with Gasteiger partial charge in [-0.15, -0.1) is 0 Å². The maximum absolute atomic E-state index is 13.3. The van der Waals surface area contributed by atoms with Gasteiger partial charge in [0.05, 0.1) is 17.3 Å². The molecule has 3 aromatic rings. The first-order valence-corrected chi connectivity index (χ1v) is 10.3. The fourth-order valence-electron chi connectivity index (χ4n) is 4.07. The van der Waals surface area contributed by atoms with E-state index in [-0.39, 0.29) is 22.9 Å². The summed E-state index contributed by atoms with van der Waals surface area (Å²) in [6, 6.07) is 14.2. The highest BCUT2D eigenvalue weighted by molar-refractivity contribution is 6.31. The Labute approximate surface area is 180 Å². The van der Waals surface area contributed by atoms with E-state index in [1.165, 1.54) is 29.3 Å². The van der Waals surface area contributed by atoms with Gasteiger partial charge in [-0.3, -0.25) is 9.48 Å². The zero-order valence-corrected chi connectivity index (χ0v) is 17.7. The molecule has 2 aromatic carbocycles. The van der Waals surface area contributed by atoms with Crippen molar-refractivity contribution in [2.45, 2.75) is 38.8 Å². The van der Waals surface area contributed by atoms with Crippen molar-refractivity contribution in [3.05, 3.63) is 99.6 Å². The Balaban J connectivity index is 1.45. The molecule has 4 rings (SSSR count). The molecule has 0 fully saturated rings. The maximum Gasteiger partial charge on any atom is 0.251 e. The van der Waals surface area contributed by atoms with Gasteiger partial charge in [-0.1, -0.05) is 54.1 Å². The van der Waals surface area contributed by atoms with Crippen molar-refractivity contribution in [1.82, 2.24) is 15.1 Å². The van der Waals surface area contributed by atoms with Crippen LogP contribution in [0.2, 0.25) is 5.02 Å². The van der Waals surface area contributed by atoms with E-state index >= 15 is 0 Å². The zero-order valence-electron chi connectivity index (χ0n) is 16.9. The predicted molar refractivity (Wildman–Crippen MR) is 116 cm³/mol. The molecular weight excluding hydrogens is 401 g/mol. The van der Waals surface area contributed by atoms with Gasteiger partial charge in [0.1, 0.15) is 5.82 Å². The van der Waals surface area contributed by atoms with E-state index in [0.717, 1.165) is 24.4 Å². The van der Waals surface area contributed by atoms with Crippen LogP contribution in [0, 0.1) is 19.7 Å². The van der Waals surface area contributed by atoms with E-state index in [2.05, 4.69) is 30.4 Å². The molecule has 1 aromatic heterocycles. The Hall–Kier alpha value is -2.92. The molecule has 2 unspecified atom stereocenters. The van der Waals surface area contributed by atoms with E-state index in [0.29, 0.717) is 5.56 Å². The molecule has 0 saturated carbocycles. The van der Waals surface area contributed by atoms with Crippen LogP contribution in [0.4, 0.5) is 4.39 Å². The first-order valence-electron chi connectivity index (χ1n) is 9.94. The van der Waals surface area contributed by atoms with Crippen LogP contribution in [-0.4, -0.2) is 21.7 Å². The number of benzene rings is 2. The van der Waals surface area contributed by atoms with Crippen molar-refractivity contribution in [3.8, 4) is 0 Å². The standard InChI is InChI=1S/C24H23ClFN3O/c1-15-23(16(2)29(28-15)14-17-6-4-3-5-7-17)18-8-10-20(12-18)27-24(30)19-9-11-22(26)21(25)13-19/h3-11,13,18,20H,12,14H2,1-2H3,(H,27,30). The minimum atomic E-state index is -0.535. The highest BCUT2D eigenvalue weighted by atomic mass is 35.5. The van der Waals surface area contributed by atoms with Crippen LogP contribution in [0.1, 0.15) is 45.2 Å². The molecule has 0 spiro atoms. The molecule has 1 aliphatic carbocycles. The third kappa shape index (κ3) is 4.17. The van der Waals surface area contributed by atoms with Gasteiger partial charge in [-0.2, -0.15) is 5.10 Å². The molecular formula is C24H23ClFN3O. The second-order valence-electron chi connectivity index (χ2n) is 7.66. The lowest BCUT2D eigenvalue weighted by molar-refractivity contribution is 0.0943. The Morgan fingerprint density at radius 2 is 1.97 bits per heavy atom. The monoisotopic (exact) mass is 423 g/mol. The molecule has 0 radical (unpaired) electrons. The van der Waals surface area contributed by atoms with Crippen LogP contribution in [0.3, 0.4) is 0 Å². The maximum atomic E-state index is 13.3. The summed E-state index contributed by atoms with van der Waals surface area (Å²) < 4.78 is 15.4. The number of hydrogen-bond donors (Lipinski definition) is 1. The number of rotatable bonds is 5. The van der Waals surface area contributed by atoms with Crippen molar-refractivity contribution in [3.63, 3.8) is 0 Å². The Kier molecular flexibility index (Phi) is 5.73. The van der Waals surface area contributed by atoms with E-state index in [9.17, 15) is 9.18 Å². The van der Waals surface area contributed by atoms with Crippen LogP contribution in [-0.2, 0) is 6.54 Å². The van der Waals surface area contributed by atoms with Crippen molar-refractivity contribution in [2.75, 3.05) is 0 Å². The third-order valence-corrected chi connectivity index (χ3v) is 5.85. The molecule has 6 heteroatoms. The fourth-order valence-corrected chi connectivity index (χ4v) is 4.25. The van der Waals surface area contributed by atoms with Crippen molar-refractivity contribution in [2.24, 2.45) is 0 Å². The van der Waals surface area contributed by atoms with E-state index in [1.807, 2.05) is 35.9 Å². The number of hydrogen-bond acceptors (Lipinski definition) is 2. The number of carbonyl (C=O) groups is 1. The molecule has 0 saturated heterocycles. The average Bonchev–Trinajstić information content (AvgIpc) is 3.28. The molecule has 154 valence electrons. The second kappa shape index (κ2) is 8.44. The molecule has 0 aliphatic heterocycles. The van der Waals surface area contributed by atoms with Gasteiger partial charge < -0.3 is 5.32 Å². The number of halogens is 2. The number of carbonyl (C=O) groups excluding carboxylic acids is 1. The first kappa shape index (κ1) is 20.4. The van der Waals surface area contributed by atoms with Crippen LogP contribution < -0.4 is 5.32 Å². The Morgan fingerprint density at radius 3 is 2.70 bits per heavy atom. The lowest BCUT2D eigenvalue weighted by Gasteiger charge is -2.15. The zero-order chi connectivity index (χ0) is 21.3. The summed E-state index contributed by atoms with van der Waals surface area (Å²) >= 11 is 5.79. The van der Waals surface area contributed by atoms with Gasteiger partial charge in [0.15, 0.2) is 0 Å². The first-order chi connectivity index (χ1) is 14.4. The molecule has 1 aliphatic rings. The van der Waals surface area contributed by atoms with Gasteiger partial charge in [-0.25, -0.2) is 4.39 Å². The van der Waals surface area contributed by atoms with Gasteiger partial charge >= 0.3 is 0 Å². The summed E-state index contributed by atoms with van der Waals surface area (Å²) in [7, 11) is 0. The van der Waals surface area contributed by atoms with Crippen molar-refractivity contribution in [1.29, 1.82) is 0 Å². The summed E-state index contributed by atoms with van der Waals surface area (Å²) in [6.45, 7) is 4.86. The van der Waals surface area contributed by atoms with Crippen LogP contribution in [0.5, 0.6) is 0 Å². The SMILES string of the molecule is Cc1nn(Cc2ccccc2)c(C)c1C1C=CC(NC(=O)c2ccc(F)c(Cl)c2)C1. The minimum Gasteiger partial charge on any atom is -0.346 e. The van der Waals surface area contributed by atoms with Crippen molar-refractivity contribution < 1.29 is 9.18 Å². The lowest BCUT2D eigenvalue weighted by Crippen LogP contribution is -2.32. The molecule has 1 N–H and O–H groups in total. The highest BCUT2D eigenvalue weighted by Gasteiger charge is 2.27. The number of amides is 1. The van der Waals surface area contributed by atoms with Gasteiger partial charge in [0.25, 0.3) is 5.91 Å². The molecule has 0 bridgehead atoms. The van der Waals surface area contributed by atoms with Gasteiger partial charge in [0, 0.05) is 28.8 Å². The second-order valence-corrected chi connectivity index (χ2v) is 8.07. The lowest BCUT2D eigenvalue weighted by atomic mass is 9.96. The molecule has 1 amide bonds. The minimum absolute atomic E-state index is 0.0560. The highest BCUT2D eigenvalue weighted by Crippen LogP contribution is 2.33. The van der Waals surface area contributed by atoms with Crippen LogP contribution in [0.25, 0.3) is 0 Å². The summed E-state index contributed by atoms with van der Waals surface area (Å²) in [5, 5.41) is 7.68. The van der Waals surface area contributed by atoms with E-state index in [1.54, 1.807) is 0 Å². The topological polar surface area (TPSA) is 46.9 Å². The average molecular weight is 424 g/mol. The smallest absolute Gasteiger partial charge is 0.251 e. The molecule has 2 atom stereocenters. The quantitative estimate of drug-likeness (QED) is 0.574. The van der Waals surface area contributed by atoms with Gasteiger partial charge in [-0.05, 0) is 44.0 Å². The van der Waals surface area contributed by atoms with Gasteiger partial charge in [0.2, 0.25) is 0 Å². The Morgan fingerprint density at radius 1 is 1.20 bits per heavy atom. The summed E-state index contributed by atoms with van der Waals surface area (Å²) in [5.41, 5.74) is 4.92. The fraction of sp³-hybridized carbons (Fsp3) is 0.250. The van der Waals surface area contributed by atoms with E-state index in [4.69, 9.17) is 16.7 Å². The predicted octanol–water partition coefficient (Wildman–Crippen LogP) is 5.18. The molecule has 4 nitrogen and oxygen atoms in total. The third-order valence-electron chi connectivity index (χ3n) is 5.57. The van der Waals surface area contributed by atoms with Crippen LogP contribution in [0.15, 0.2) is 60.7 Å². The molecule has 1 heterocycles. The van der Waals surface area contributed by atoms with Crippen molar-refractivity contribution >= 4 is 17.5 Å². The largest absolute Gasteiger partial charge is 0.346 e. The molecule has 30 heavy (non-hydrogen) atoms. The summed E-state index contributed by atoms with van der Waals surface area (Å²) in [5.74, 6) is -0.607. The number of nitrogens with zero attached hydrogens (tertiary/aromatic N) is 2. The number of aromatic nitrogens is 2. The number of allylic oxidation sites excluding steroid dienone is 1. The Bertz CT molecular complexity index is 1110.